The van der Waals surface area contributed by atoms with Gasteiger partial charge in [-0.15, -0.1) is 0 Å². The lowest BCUT2D eigenvalue weighted by molar-refractivity contribution is 0.558. The molecule has 0 radical (unpaired) electrons. The third-order valence-corrected chi connectivity index (χ3v) is 2.26. The van der Waals surface area contributed by atoms with E-state index in [1.54, 1.807) is 0 Å². The summed E-state index contributed by atoms with van der Waals surface area (Å²) < 4.78 is 2.19. The normalized spacial score (nSPS) is 10.7. The molecule has 3 nitrogen and oxygen atoms in total. The van der Waals surface area contributed by atoms with E-state index >= 15 is 0 Å². The molecule has 1 rings (SSSR count). The highest BCUT2D eigenvalue weighted by Gasteiger charge is 2.03. The van der Waals surface area contributed by atoms with Gasteiger partial charge in [0, 0.05) is 25.3 Å². The second kappa shape index (κ2) is 5.71. The van der Waals surface area contributed by atoms with Crippen molar-refractivity contribution in [3.63, 3.8) is 0 Å². The number of nitrogens with one attached hydrogen (secondary N) is 1. The van der Waals surface area contributed by atoms with Crippen LogP contribution in [0.3, 0.4) is 0 Å². The third kappa shape index (κ3) is 3.88. The summed E-state index contributed by atoms with van der Waals surface area (Å²) in [5.74, 6) is 0. The Hall–Kier alpha value is -1.09. The van der Waals surface area contributed by atoms with E-state index in [0.29, 0.717) is 6.04 Å². The van der Waals surface area contributed by atoms with Crippen LogP contribution in [0.2, 0.25) is 0 Å². The van der Waals surface area contributed by atoms with Crippen LogP contribution >= 0.6 is 0 Å². The molecule has 3 heteroatoms. The number of hydrogen-bond acceptors (Lipinski definition) is 2. The predicted molar refractivity (Wildman–Crippen MR) is 63.7 cm³/mol. The summed E-state index contributed by atoms with van der Waals surface area (Å²) in [6, 6.07) is 0.479. The average Bonchev–Trinajstić information content (AvgIpc) is 2.60. The van der Waals surface area contributed by atoms with E-state index in [9.17, 15) is 0 Å². The number of allylic oxidation sites excluding steroid dienone is 1. The topological polar surface area (TPSA) is 29.9 Å². The minimum atomic E-state index is 0.479. The summed E-state index contributed by atoms with van der Waals surface area (Å²) in [4.78, 5) is 4.16. The average molecular weight is 207 g/mol. The fourth-order valence-corrected chi connectivity index (χ4v) is 1.41. The SMILES string of the molecule is CC(C)=CCNCc1cncn1C(C)C. The first-order valence-corrected chi connectivity index (χ1v) is 5.46. The van der Waals surface area contributed by atoms with E-state index in [0.717, 1.165) is 13.1 Å². The fourth-order valence-electron chi connectivity index (χ4n) is 1.41. The highest BCUT2D eigenvalue weighted by molar-refractivity contribution is 5.00. The molecule has 84 valence electrons. The molecule has 0 amide bonds. The Labute approximate surface area is 92.2 Å². The van der Waals surface area contributed by atoms with Crippen LogP contribution in [0.15, 0.2) is 24.2 Å². The molecule has 0 bridgehead atoms. The maximum Gasteiger partial charge on any atom is 0.0951 e. The molecule has 0 saturated carbocycles. The zero-order valence-electron chi connectivity index (χ0n) is 10.1. The lowest BCUT2D eigenvalue weighted by Crippen LogP contribution is -2.16. The Morgan fingerprint density at radius 2 is 2.27 bits per heavy atom. The Balaban J connectivity index is 2.44. The van der Waals surface area contributed by atoms with Crippen LogP contribution in [0.4, 0.5) is 0 Å². The Morgan fingerprint density at radius 1 is 1.53 bits per heavy atom. The van der Waals surface area contributed by atoms with Gasteiger partial charge in [-0.3, -0.25) is 0 Å². The maximum absolute atomic E-state index is 4.16. The van der Waals surface area contributed by atoms with Crippen molar-refractivity contribution in [3.8, 4) is 0 Å². The number of aromatic nitrogens is 2. The largest absolute Gasteiger partial charge is 0.331 e. The first-order chi connectivity index (χ1) is 7.11. The van der Waals surface area contributed by atoms with E-state index in [2.05, 4.69) is 48.6 Å². The minimum Gasteiger partial charge on any atom is -0.331 e. The summed E-state index contributed by atoms with van der Waals surface area (Å²) >= 11 is 0. The van der Waals surface area contributed by atoms with Crippen molar-refractivity contribution in [1.29, 1.82) is 0 Å². The van der Waals surface area contributed by atoms with Gasteiger partial charge in [0.05, 0.1) is 12.0 Å². The van der Waals surface area contributed by atoms with Crippen molar-refractivity contribution < 1.29 is 0 Å². The zero-order valence-corrected chi connectivity index (χ0v) is 10.1. The lowest BCUT2D eigenvalue weighted by atomic mass is 10.3. The van der Waals surface area contributed by atoms with Crippen LogP contribution in [0.25, 0.3) is 0 Å². The van der Waals surface area contributed by atoms with Gasteiger partial charge in [-0.25, -0.2) is 4.98 Å². The fraction of sp³-hybridized carbons (Fsp3) is 0.583. The van der Waals surface area contributed by atoms with Gasteiger partial charge in [-0.1, -0.05) is 11.6 Å². The van der Waals surface area contributed by atoms with Crippen molar-refractivity contribution in [1.82, 2.24) is 14.9 Å². The standard InChI is InChI=1S/C12H21N3/c1-10(2)5-6-13-7-12-8-14-9-15(12)11(3)4/h5,8-9,11,13H,6-7H2,1-4H3. The molecule has 1 heterocycles. The third-order valence-electron chi connectivity index (χ3n) is 2.26. The van der Waals surface area contributed by atoms with E-state index in [-0.39, 0.29) is 0 Å². The number of nitrogens with zero attached hydrogens (tertiary/aromatic N) is 2. The smallest absolute Gasteiger partial charge is 0.0951 e. The summed E-state index contributed by atoms with van der Waals surface area (Å²) in [7, 11) is 0. The monoisotopic (exact) mass is 207 g/mol. The summed E-state index contributed by atoms with van der Waals surface area (Å²) in [6.07, 6.45) is 6.01. The number of imidazole rings is 1. The molecule has 0 aliphatic carbocycles. The molecular weight excluding hydrogens is 186 g/mol. The second-order valence-corrected chi connectivity index (χ2v) is 4.30. The zero-order chi connectivity index (χ0) is 11.3. The van der Waals surface area contributed by atoms with Crippen LogP contribution in [0.1, 0.15) is 39.4 Å². The first kappa shape index (κ1) is 12.0. The van der Waals surface area contributed by atoms with Crippen LogP contribution in [0.5, 0.6) is 0 Å². The van der Waals surface area contributed by atoms with Gasteiger partial charge in [0.15, 0.2) is 0 Å². The van der Waals surface area contributed by atoms with Gasteiger partial charge in [0.2, 0.25) is 0 Å². The molecule has 1 aromatic heterocycles. The molecule has 0 unspecified atom stereocenters. The van der Waals surface area contributed by atoms with Gasteiger partial charge in [-0.2, -0.15) is 0 Å². The van der Waals surface area contributed by atoms with Crippen molar-refractivity contribution in [2.45, 2.75) is 40.3 Å². The molecule has 0 aliphatic rings. The van der Waals surface area contributed by atoms with Gasteiger partial charge < -0.3 is 9.88 Å². The van der Waals surface area contributed by atoms with Crippen molar-refractivity contribution >= 4 is 0 Å². The van der Waals surface area contributed by atoms with E-state index in [4.69, 9.17) is 0 Å². The number of rotatable bonds is 5. The highest BCUT2D eigenvalue weighted by Crippen LogP contribution is 2.08. The quantitative estimate of drug-likeness (QED) is 0.594. The van der Waals surface area contributed by atoms with Crippen LogP contribution in [-0.2, 0) is 6.54 Å². The van der Waals surface area contributed by atoms with Crippen molar-refractivity contribution in [3.05, 3.63) is 29.9 Å². The summed E-state index contributed by atoms with van der Waals surface area (Å²) in [6.45, 7) is 10.4. The van der Waals surface area contributed by atoms with Gasteiger partial charge in [0.25, 0.3) is 0 Å². The van der Waals surface area contributed by atoms with Gasteiger partial charge in [-0.05, 0) is 27.7 Å². The Morgan fingerprint density at radius 3 is 2.87 bits per heavy atom. The molecule has 1 aromatic rings. The van der Waals surface area contributed by atoms with Crippen LogP contribution in [-0.4, -0.2) is 16.1 Å². The predicted octanol–water partition coefficient (Wildman–Crippen LogP) is 2.52. The highest BCUT2D eigenvalue weighted by atomic mass is 15.1. The van der Waals surface area contributed by atoms with Crippen LogP contribution in [0, 0.1) is 0 Å². The molecule has 1 N–H and O–H groups in total. The lowest BCUT2D eigenvalue weighted by Gasteiger charge is -2.11. The molecule has 0 saturated heterocycles. The summed E-state index contributed by atoms with van der Waals surface area (Å²) in [5, 5.41) is 3.38. The molecule has 0 aliphatic heterocycles. The second-order valence-electron chi connectivity index (χ2n) is 4.30. The van der Waals surface area contributed by atoms with E-state index in [1.807, 2.05) is 12.5 Å². The van der Waals surface area contributed by atoms with Crippen molar-refractivity contribution in [2.24, 2.45) is 0 Å². The molecular formula is C12H21N3. The van der Waals surface area contributed by atoms with E-state index in [1.165, 1.54) is 11.3 Å². The Kier molecular flexibility index (Phi) is 4.56. The summed E-state index contributed by atoms with van der Waals surface area (Å²) in [5.41, 5.74) is 2.59. The number of hydrogen-bond donors (Lipinski definition) is 1. The molecule has 0 fully saturated rings. The molecule has 0 atom stereocenters. The van der Waals surface area contributed by atoms with E-state index < -0.39 is 0 Å². The van der Waals surface area contributed by atoms with Crippen LogP contribution < -0.4 is 5.32 Å². The minimum absolute atomic E-state index is 0.479. The molecule has 0 aromatic carbocycles. The molecule has 15 heavy (non-hydrogen) atoms. The van der Waals surface area contributed by atoms with Gasteiger partial charge in [0.1, 0.15) is 0 Å². The molecule has 0 spiro atoms. The van der Waals surface area contributed by atoms with Crippen molar-refractivity contribution in [2.75, 3.05) is 6.54 Å². The Bertz CT molecular complexity index is 319. The maximum atomic E-state index is 4.16. The van der Waals surface area contributed by atoms with Gasteiger partial charge >= 0.3 is 0 Å². The first-order valence-electron chi connectivity index (χ1n) is 5.46.